The van der Waals surface area contributed by atoms with Gasteiger partial charge in [0.2, 0.25) is 0 Å². The Kier molecular flexibility index (Phi) is 6.90. The molecular weight excluding hydrogens is 495 g/mol. The van der Waals surface area contributed by atoms with E-state index in [-0.39, 0.29) is 22.8 Å². The zero-order valence-corrected chi connectivity index (χ0v) is 19.0. The molecule has 0 spiro atoms. The van der Waals surface area contributed by atoms with Crippen LogP contribution in [-0.4, -0.2) is 34.0 Å². The van der Waals surface area contributed by atoms with Gasteiger partial charge in [0.1, 0.15) is 11.5 Å². The first kappa shape index (κ1) is 25.0. The number of urea groups is 1. The smallest absolute Gasteiger partial charge is 0.418 e. The maximum Gasteiger partial charge on any atom is 0.418 e. The van der Waals surface area contributed by atoms with Crippen molar-refractivity contribution in [1.29, 1.82) is 0 Å². The van der Waals surface area contributed by atoms with E-state index in [2.05, 4.69) is 26.3 Å². The van der Waals surface area contributed by atoms with Crippen LogP contribution in [0.25, 0.3) is 5.69 Å². The molecule has 0 atom stereocenters. The van der Waals surface area contributed by atoms with Crippen molar-refractivity contribution in [3.8, 4) is 17.2 Å². The second-order valence-electron chi connectivity index (χ2n) is 7.44. The average Bonchev–Trinajstić information content (AvgIpc) is 3.40. The summed E-state index contributed by atoms with van der Waals surface area (Å²) >= 11 is 0. The van der Waals surface area contributed by atoms with E-state index in [1.807, 2.05) is 0 Å². The lowest BCUT2D eigenvalue weighted by Crippen LogP contribution is -2.37. The number of aromatic nitrogens is 4. The van der Waals surface area contributed by atoms with Crippen LogP contribution in [0.3, 0.4) is 0 Å². The molecule has 4 rings (SSSR count). The van der Waals surface area contributed by atoms with Crippen molar-refractivity contribution in [2.45, 2.75) is 6.18 Å². The molecule has 190 valence electrons. The molecule has 14 heteroatoms. The van der Waals surface area contributed by atoms with Crippen molar-refractivity contribution in [2.24, 2.45) is 0 Å². The highest BCUT2D eigenvalue weighted by Gasteiger charge is 2.34. The number of rotatable bonds is 6. The molecule has 0 aliphatic heterocycles. The molecule has 0 aliphatic carbocycles. The lowest BCUT2D eigenvalue weighted by atomic mass is 10.1. The van der Waals surface area contributed by atoms with Crippen molar-refractivity contribution in [2.75, 3.05) is 17.7 Å². The summed E-state index contributed by atoms with van der Waals surface area (Å²) < 4.78 is 47.7. The molecule has 0 radical (unpaired) electrons. The van der Waals surface area contributed by atoms with Crippen molar-refractivity contribution in [3.63, 3.8) is 0 Å². The third-order valence-electron chi connectivity index (χ3n) is 4.93. The lowest BCUT2D eigenvalue weighted by Gasteiger charge is -2.15. The van der Waals surface area contributed by atoms with Gasteiger partial charge in [-0.25, -0.2) is 9.48 Å². The molecule has 0 saturated carbocycles. The standard InChI is InChI=1S/C23H18F3N7O4/c1-27-21(34)20-13-17(8-10-33(20)36)37-16-5-2-14(3-6-16)29-22(35)30-15-4-7-19(32-11-9-28-31-32)18(12-15)23(24,25)26/h2-13H,1H3,(H,27,34)(H2,29,30,35). The second kappa shape index (κ2) is 10.2. The number of halogens is 3. The van der Waals surface area contributed by atoms with E-state index < -0.39 is 23.7 Å². The van der Waals surface area contributed by atoms with Gasteiger partial charge in [0, 0.05) is 24.5 Å². The number of ether oxygens (including phenoxy) is 1. The number of hydrogen-bond donors (Lipinski definition) is 3. The highest BCUT2D eigenvalue weighted by atomic mass is 19.4. The minimum Gasteiger partial charge on any atom is -0.618 e. The van der Waals surface area contributed by atoms with E-state index in [0.29, 0.717) is 16.2 Å². The Labute approximate surface area is 207 Å². The van der Waals surface area contributed by atoms with Gasteiger partial charge in [0.15, 0.2) is 6.20 Å². The lowest BCUT2D eigenvalue weighted by molar-refractivity contribution is -0.607. The number of alkyl halides is 3. The molecule has 0 fully saturated rings. The molecule has 2 aromatic heterocycles. The molecule has 3 N–H and O–H groups in total. The first-order valence-corrected chi connectivity index (χ1v) is 10.5. The number of carbonyl (C=O) groups excluding carboxylic acids is 2. The van der Waals surface area contributed by atoms with Crippen LogP contribution < -0.4 is 25.4 Å². The summed E-state index contributed by atoms with van der Waals surface area (Å²) in [5, 5.41) is 26.1. The molecule has 0 aliphatic rings. The van der Waals surface area contributed by atoms with Crippen molar-refractivity contribution in [1.82, 2.24) is 20.3 Å². The van der Waals surface area contributed by atoms with Crippen LogP contribution in [-0.2, 0) is 6.18 Å². The predicted molar refractivity (Wildman–Crippen MR) is 124 cm³/mol. The Morgan fingerprint density at radius 2 is 1.70 bits per heavy atom. The van der Waals surface area contributed by atoms with Crippen molar-refractivity contribution >= 4 is 23.3 Å². The molecule has 11 nitrogen and oxygen atoms in total. The molecular formula is C23H18F3N7O4. The molecule has 0 saturated heterocycles. The van der Waals surface area contributed by atoms with Crippen molar-refractivity contribution in [3.05, 3.63) is 89.7 Å². The van der Waals surface area contributed by atoms with Gasteiger partial charge in [0.05, 0.1) is 29.7 Å². The third-order valence-corrected chi connectivity index (χ3v) is 4.93. The number of carbonyl (C=O) groups is 2. The number of hydrogen-bond acceptors (Lipinski definition) is 6. The summed E-state index contributed by atoms with van der Waals surface area (Å²) in [5.74, 6) is -0.00339. The maximum atomic E-state index is 13.6. The fourth-order valence-corrected chi connectivity index (χ4v) is 3.24. The minimum atomic E-state index is -4.70. The molecule has 4 aromatic rings. The SMILES string of the molecule is CNC(=O)c1cc(Oc2ccc(NC(=O)Nc3ccc(-n4ccnn4)c(C(F)(F)F)c3)cc2)cc[n+]1[O-]. The van der Waals surface area contributed by atoms with Crippen LogP contribution in [0.4, 0.5) is 29.3 Å². The second-order valence-corrected chi connectivity index (χ2v) is 7.44. The van der Waals surface area contributed by atoms with E-state index in [0.717, 1.165) is 16.9 Å². The fourth-order valence-electron chi connectivity index (χ4n) is 3.24. The highest BCUT2D eigenvalue weighted by molar-refractivity contribution is 5.99. The van der Waals surface area contributed by atoms with Gasteiger partial charge in [-0.2, -0.15) is 17.9 Å². The van der Waals surface area contributed by atoms with E-state index >= 15 is 0 Å². The van der Waals surface area contributed by atoms with Gasteiger partial charge in [-0.1, -0.05) is 5.21 Å². The average molecular weight is 513 g/mol. The summed E-state index contributed by atoms with van der Waals surface area (Å²) in [6.07, 6.45) is -1.04. The summed E-state index contributed by atoms with van der Waals surface area (Å²) in [6.45, 7) is 0. The highest BCUT2D eigenvalue weighted by Crippen LogP contribution is 2.35. The topological polar surface area (TPSA) is 137 Å². The first-order chi connectivity index (χ1) is 17.6. The van der Waals surface area contributed by atoms with E-state index in [1.165, 1.54) is 68.0 Å². The number of nitrogens with one attached hydrogen (secondary N) is 3. The van der Waals surface area contributed by atoms with Crippen LogP contribution in [0.5, 0.6) is 11.5 Å². The quantitative estimate of drug-likeness (QED) is 0.266. The molecule has 37 heavy (non-hydrogen) atoms. The van der Waals surface area contributed by atoms with E-state index in [1.54, 1.807) is 0 Å². The van der Waals surface area contributed by atoms with Gasteiger partial charge in [-0.15, -0.1) is 5.10 Å². The monoisotopic (exact) mass is 513 g/mol. The predicted octanol–water partition coefficient (Wildman–Crippen LogP) is 3.72. The van der Waals surface area contributed by atoms with Crippen LogP contribution >= 0.6 is 0 Å². The largest absolute Gasteiger partial charge is 0.618 e. The van der Waals surface area contributed by atoms with Gasteiger partial charge >= 0.3 is 18.1 Å². The summed E-state index contributed by atoms with van der Waals surface area (Å²) in [7, 11) is 1.39. The van der Waals surface area contributed by atoms with Crippen molar-refractivity contribution < 1.29 is 32.2 Å². The first-order valence-electron chi connectivity index (χ1n) is 10.5. The van der Waals surface area contributed by atoms with E-state index in [4.69, 9.17) is 4.74 Å². The van der Waals surface area contributed by atoms with Gasteiger partial charge < -0.3 is 25.9 Å². The summed E-state index contributed by atoms with van der Waals surface area (Å²) in [6, 6.07) is 11.2. The molecule has 0 bridgehead atoms. The van der Waals surface area contributed by atoms with Gasteiger partial charge in [0.25, 0.3) is 5.69 Å². The Balaban J connectivity index is 1.42. The third kappa shape index (κ3) is 5.93. The Morgan fingerprint density at radius 3 is 2.35 bits per heavy atom. The van der Waals surface area contributed by atoms with Crippen LogP contribution in [0.1, 0.15) is 16.1 Å². The molecule has 0 unspecified atom stereocenters. The zero-order valence-electron chi connectivity index (χ0n) is 19.0. The Bertz CT molecular complexity index is 1430. The van der Waals surface area contributed by atoms with Crippen LogP contribution in [0.15, 0.2) is 73.2 Å². The van der Waals surface area contributed by atoms with Gasteiger partial charge in [-0.05, 0) is 42.5 Å². The minimum absolute atomic E-state index is 0.0831. The summed E-state index contributed by atoms with van der Waals surface area (Å²) in [5.41, 5.74) is -1.15. The fraction of sp³-hybridized carbons (Fsp3) is 0.0870. The Hall–Kier alpha value is -5.14. The van der Waals surface area contributed by atoms with Crippen LogP contribution in [0.2, 0.25) is 0 Å². The molecule has 3 amide bonds. The Morgan fingerprint density at radius 1 is 1.00 bits per heavy atom. The molecule has 2 aromatic carbocycles. The number of pyridine rings is 1. The van der Waals surface area contributed by atoms with E-state index in [9.17, 15) is 28.0 Å². The normalized spacial score (nSPS) is 11.0. The number of amides is 3. The molecule has 2 heterocycles. The number of anilines is 2. The number of nitrogens with zero attached hydrogens (tertiary/aromatic N) is 4. The summed E-state index contributed by atoms with van der Waals surface area (Å²) in [4.78, 5) is 24.1. The van der Waals surface area contributed by atoms with Crippen LogP contribution in [0, 0.1) is 5.21 Å². The zero-order chi connectivity index (χ0) is 26.6. The number of benzene rings is 2. The maximum absolute atomic E-state index is 13.6. The van der Waals surface area contributed by atoms with Gasteiger partial charge in [-0.3, -0.25) is 4.79 Å².